The zero-order chi connectivity index (χ0) is 4.99. The highest BCUT2D eigenvalue weighted by atomic mass is 127. The second-order valence-corrected chi connectivity index (χ2v) is 2.55. The van der Waals surface area contributed by atoms with Crippen molar-refractivity contribution in [3.05, 3.63) is 0 Å². The molecule has 0 radical (unpaired) electrons. The van der Waals surface area contributed by atoms with Gasteiger partial charge in [-0.15, -0.1) is 0 Å². The molecule has 1 nitrogen and oxygen atoms in total. The lowest BCUT2D eigenvalue weighted by Gasteiger charge is -1.79. The maximum Gasteiger partial charge on any atom is 0.204 e. The summed E-state index contributed by atoms with van der Waals surface area (Å²) in [5, 5.41) is 6.24. The summed E-state index contributed by atoms with van der Waals surface area (Å²) in [6.45, 7) is 4.00. The van der Waals surface area contributed by atoms with Crippen LogP contribution in [0.25, 0.3) is 0 Å². The molecule has 0 aliphatic heterocycles. The second kappa shape index (κ2) is 6.75. The van der Waals surface area contributed by atoms with Crippen molar-refractivity contribution in [2.24, 2.45) is 0 Å². The molecule has 7 heavy (non-hydrogen) atoms. The fourth-order valence-electron chi connectivity index (χ4n) is 0.228. The van der Waals surface area contributed by atoms with Gasteiger partial charge in [-0.05, 0) is 0 Å². The first-order chi connectivity index (χ1) is 2.77. The molecule has 0 spiro atoms. The average Bonchev–Trinajstić information content (AvgIpc) is 1.35. The Kier molecular flexibility index (Phi) is 10.3. The van der Waals surface area contributed by atoms with E-state index in [0.29, 0.717) is 0 Å². The summed E-state index contributed by atoms with van der Waals surface area (Å²) in [5.74, 6) is 1.09. The van der Waals surface area contributed by atoms with Gasteiger partial charge in [0, 0.05) is 12.7 Å². The quantitative estimate of drug-likeness (QED) is 0.289. The van der Waals surface area contributed by atoms with E-state index in [4.69, 9.17) is 5.41 Å². The molecule has 0 unspecified atom stereocenters. The van der Waals surface area contributed by atoms with E-state index in [1.54, 1.807) is 11.8 Å². The highest BCUT2D eigenvalue weighted by molar-refractivity contribution is 8.13. The Labute approximate surface area is 65.8 Å². The van der Waals surface area contributed by atoms with E-state index in [0.717, 1.165) is 10.8 Å². The molecule has 0 amide bonds. The number of hydrogen-bond acceptors (Lipinski definition) is 1. The van der Waals surface area contributed by atoms with Gasteiger partial charge < -0.3 is 24.0 Å². The van der Waals surface area contributed by atoms with Gasteiger partial charge in [0.1, 0.15) is 0 Å². The van der Waals surface area contributed by atoms with Gasteiger partial charge in [0.15, 0.2) is 0 Å². The van der Waals surface area contributed by atoms with Crippen LogP contribution in [0.15, 0.2) is 0 Å². The van der Waals surface area contributed by atoms with Crippen LogP contribution in [0.1, 0.15) is 13.8 Å². The summed E-state index contributed by atoms with van der Waals surface area (Å²) in [7, 11) is 0. The largest absolute Gasteiger partial charge is 1.00 e. The van der Waals surface area contributed by atoms with Crippen LogP contribution in [0.2, 0.25) is 0 Å². The Morgan fingerprint density at radius 2 is 2.14 bits per heavy atom. The average molecular weight is 231 g/mol. The van der Waals surface area contributed by atoms with Crippen molar-refractivity contribution in [1.82, 2.24) is 0 Å². The molecule has 0 aliphatic rings. The number of halogens is 1. The first-order valence-electron chi connectivity index (χ1n) is 1.99. The van der Waals surface area contributed by atoms with Gasteiger partial charge in [-0.25, -0.2) is 0 Å². The van der Waals surface area contributed by atoms with E-state index < -0.39 is 0 Å². The first-order valence-corrected chi connectivity index (χ1v) is 2.97. The van der Waals surface area contributed by atoms with Crippen molar-refractivity contribution in [3.8, 4) is 0 Å². The van der Waals surface area contributed by atoms with E-state index in [-0.39, 0.29) is 24.0 Å². The lowest BCUT2D eigenvalue weighted by Crippen LogP contribution is -3.00. The lowest BCUT2D eigenvalue weighted by molar-refractivity contribution is -0.109. The predicted octanol–water partition coefficient (Wildman–Crippen LogP) is -3.08. The molecule has 0 aromatic carbocycles. The third-order valence-electron chi connectivity index (χ3n) is 0.372. The summed E-state index contributed by atoms with van der Waals surface area (Å²) in [4.78, 5) is 0. The van der Waals surface area contributed by atoms with Crippen molar-refractivity contribution < 1.29 is 29.4 Å². The summed E-state index contributed by atoms with van der Waals surface area (Å²) < 4.78 is 0. The fourth-order valence-corrected chi connectivity index (χ4v) is 0.683. The molecule has 0 aromatic rings. The highest BCUT2D eigenvalue weighted by Crippen LogP contribution is 1.94. The van der Waals surface area contributed by atoms with Crippen LogP contribution in [0, 0.1) is 0 Å². The summed E-state index contributed by atoms with van der Waals surface area (Å²) >= 11 is 1.68. The Hall–Kier alpha value is 0.750. The smallest absolute Gasteiger partial charge is 0.204 e. The topological polar surface area (TPSA) is 25.6 Å². The molecule has 0 rings (SSSR count). The molecule has 0 aliphatic carbocycles. The molecule has 0 atom stereocenters. The van der Waals surface area contributed by atoms with Crippen LogP contribution in [-0.2, 0) is 0 Å². The summed E-state index contributed by atoms with van der Waals surface area (Å²) in [6, 6.07) is 0. The molecule has 0 bridgehead atoms. The second-order valence-electron chi connectivity index (χ2n) is 1.04. The molecule has 44 valence electrons. The number of thioether (sulfide) groups is 1. The number of rotatable bonds is 1. The third-order valence-corrected chi connectivity index (χ3v) is 1.12. The van der Waals surface area contributed by atoms with E-state index in [1.165, 1.54) is 0 Å². The first kappa shape index (κ1) is 10.7. The lowest BCUT2D eigenvalue weighted by atomic mass is 10.9. The minimum atomic E-state index is 0. The van der Waals surface area contributed by atoms with Crippen molar-refractivity contribution >= 4 is 16.8 Å². The Bertz CT molecular complexity index is 55.7. The highest BCUT2D eigenvalue weighted by Gasteiger charge is 1.85. The number of nitrogens with two attached hydrogens (primary N) is 1. The molecular weight excluding hydrogens is 221 g/mol. The van der Waals surface area contributed by atoms with Crippen LogP contribution in [0.3, 0.4) is 0 Å². The minimum absolute atomic E-state index is 0. The predicted molar refractivity (Wildman–Crippen MR) is 30.7 cm³/mol. The molecule has 0 saturated carbocycles. The summed E-state index contributed by atoms with van der Waals surface area (Å²) in [5.41, 5.74) is 0. The van der Waals surface area contributed by atoms with Gasteiger partial charge in [0.2, 0.25) is 5.04 Å². The van der Waals surface area contributed by atoms with Gasteiger partial charge in [-0.1, -0.05) is 18.7 Å². The molecule has 0 saturated heterocycles. The Balaban J connectivity index is 0. The van der Waals surface area contributed by atoms with Crippen LogP contribution in [0.5, 0.6) is 0 Å². The van der Waals surface area contributed by atoms with E-state index in [2.05, 4.69) is 6.92 Å². The van der Waals surface area contributed by atoms with Crippen molar-refractivity contribution in [2.45, 2.75) is 13.8 Å². The molecular formula is C4H10INS. The van der Waals surface area contributed by atoms with E-state index in [9.17, 15) is 0 Å². The Morgan fingerprint density at radius 1 is 1.71 bits per heavy atom. The zero-order valence-electron chi connectivity index (χ0n) is 4.57. The SMILES string of the molecule is CCSC(C)=[NH2+].[I-]. The van der Waals surface area contributed by atoms with Gasteiger partial charge in [0.25, 0.3) is 0 Å². The van der Waals surface area contributed by atoms with Crippen molar-refractivity contribution in [1.29, 1.82) is 0 Å². The summed E-state index contributed by atoms with van der Waals surface area (Å²) in [6.07, 6.45) is 0. The fraction of sp³-hybridized carbons (Fsp3) is 0.750. The van der Waals surface area contributed by atoms with Crippen LogP contribution < -0.4 is 29.4 Å². The van der Waals surface area contributed by atoms with Gasteiger partial charge in [-0.2, -0.15) is 0 Å². The van der Waals surface area contributed by atoms with Gasteiger partial charge >= 0.3 is 0 Å². The minimum Gasteiger partial charge on any atom is -1.00 e. The van der Waals surface area contributed by atoms with Crippen molar-refractivity contribution in [3.63, 3.8) is 0 Å². The van der Waals surface area contributed by atoms with Crippen LogP contribution >= 0.6 is 11.8 Å². The maximum absolute atomic E-state index is 5.28. The van der Waals surface area contributed by atoms with Crippen LogP contribution in [0.4, 0.5) is 0 Å². The molecule has 0 heterocycles. The monoisotopic (exact) mass is 231 g/mol. The van der Waals surface area contributed by atoms with Gasteiger partial charge in [0.05, 0.1) is 0 Å². The van der Waals surface area contributed by atoms with Crippen molar-refractivity contribution in [2.75, 3.05) is 5.75 Å². The van der Waals surface area contributed by atoms with E-state index >= 15 is 0 Å². The maximum atomic E-state index is 5.28. The number of hydrogen-bond donors (Lipinski definition) is 1. The molecule has 2 N–H and O–H groups in total. The van der Waals surface area contributed by atoms with Gasteiger partial charge in [-0.3, -0.25) is 5.41 Å². The zero-order valence-corrected chi connectivity index (χ0v) is 7.54. The van der Waals surface area contributed by atoms with Crippen LogP contribution in [-0.4, -0.2) is 10.8 Å². The normalized spacial score (nSPS) is 7.14. The Morgan fingerprint density at radius 3 is 2.14 bits per heavy atom. The third kappa shape index (κ3) is 10.8. The molecule has 3 heteroatoms. The molecule has 0 fully saturated rings. The standard InChI is InChI=1S/C4H9NS.HI/c1-3-6-4(2)5;/h5H,3H2,1-2H3;1H. The molecule has 0 aromatic heterocycles. The van der Waals surface area contributed by atoms with E-state index in [1.807, 2.05) is 6.92 Å².